The van der Waals surface area contributed by atoms with E-state index in [9.17, 15) is 0 Å². The van der Waals surface area contributed by atoms with Crippen molar-refractivity contribution in [2.45, 2.75) is 19.8 Å². The number of nitrogens with zero attached hydrogens (tertiary/aromatic N) is 3. The normalized spacial score (nSPS) is 18.0. The van der Waals surface area contributed by atoms with Crippen LogP contribution in [0.2, 0.25) is 0 Å². The second-order valence-electron chi connectivity index (χ2n) is 7.07. The molecule has 4 rings (SSSR count). The molecule has 2 heterocycles. The Morgan fingerprint density at radius 1 is 0.967 bits per heavy atom. The predicted molar refractivity (Wildman–Crippen MR) is 113 cm³/mol. The molecule has 1 aliphatic rings. The molecule has 3 aromatic rings. The first-order valence-corrected chi connectivity index (χ1v) is 9.67. The first-order chi connectivity index (χ1) is 14.7. The number of anilines is 1. The summed E-state index contributed by atoms with van der Waals surface area (Å²) in [5.74, 6) is 7.69. The van der Waals surface area contributed by atoms with Gasteiger partial charge in [0, 0.05) is 24.6 Å². The molecule has 1 aromatic heterocycles. The van der Waals surface area contributed by atoms with Gasteiger partial charge >= 0.3 is 0 Å². The lowest BCUT2D eigenvalue weighted by Crippen LogP contribution is -2.54. The fourth-order valence-corrected chi connectivity index (χ4v) is 3.10. The van der Waals surface area contributed by atoms with Gasteiger partial charge in [-0.2, -0.15) is 5.01 Å². The Morgan fingerprint density at radius 2 is 1.63 bits per heavy atom. The minimum Gasteiger partial charge on any atom is -0.457 e. The highest BCUT2D eigenvalue weighted by Crippen LogP contribution is 2.23. The predicted octanol–water partition coefficient (Wildman–Crippen LogP) is 3.43. The fourth-order valence-electron chi connectivity index (χ4n) is 3.10. The van der Waals surface area contributed by atoms with Gasteiger partial charge in [0.15, 0.2) is 13.0 Å². The Morgan fingerprint density at radius 3 is 2.37 bits per heavy atom. The molecule has 30 heavy (non-hydrogen) atoms. The Kier molecular flexibility index (Phi) is 6.53. The monoisotopic (exact) mass is 407 g/mol. The molecule has 0 bridgehead atoms. The highest BCUT2D eigenvalue weighted by Gasteiger charge is 2.27. The molecule has 1 unspecified atom stereocenters. The van der Waals surface area contributed by atoms with E-state index in [-0.39, 0.29) is 19.8 Å². The summed E-state index contributed by atoms with van der Waals surface area (Å²) in [4.78, 5) is 16.5. The van der Waals surface area contributed by atoms with Crippen LogP contribution in [0.5, 0.6) is 11.5 Å². The molecule has 1 aliphatic heterocycles. The van der Waals surface area contributed by atoms with E-state index < -0.39 is 0 Å². The molecule has 3 N–H and O–H groups in total. The molecule has 0 spiro atoms. The number of hydrazine groups is 1. The van der Waals surface area contributed by atoms with Crippen molar-refractivity contribution in [1.82, 2.24) is 14.9 Å². The van der Waals surface area contributed by atoms with E-state index in [1.54, 1.807) is 17.4 Å². The average Bonchev–Trinajstić information content (AvgIpc) is 2.93. The molecule has 0 amide bonds. The molecule has 1 fully saturated rings. The van der Waals surface area contributed by atoms with Crippen molar-refractivity contribution >= 4 is 5.69 Å². The summed E-state index contributed by atoms with van der Waals surface area (Å²) in [7, 11) is 0. The lowest BCUT2D eigenvalue weighted by Gasteiger charge is -2.34. The number of hydrogen-bond acceptors (Lipinski definition) is 8. The van der Waals surface area contributed by atoms with Gasteiger partial charge in [0.2, 0.25) is 0 Å². The topological polar surface area (TPSA) is 85.1 Å². The third kappa shape index (κ3) is 5.32. The zero-order chi connectivity index (χ0) is 20.8. The zero-order valence-electron chi connectivity index (χ0n) is 16.8. The Bertz CT molecular complexity index is 922. The van der Waals surface area contributed by atoms with Crippen LogP contribution in [0.4, 0.5) is 5.69 Å². The van der Waals surface area contributed by atoms with Gasteiger partial charge in [-0.15, -0.1) is 0 Å². The summed E-state index contributed by atoms with van der Waals surface area (Å²) in [6, 6.07) is 19.7. The molecule has 1 saturated heterocycles. The summed E-state index contributed by atoms with van der Waals surface area (Å²) < 4.78 is 5.82. The van der Waals surface area contributed by atoms with Crippen LogP contribution >= 0.6 is 0 Å². The molecule has 156 valence electrons. The van der Waals surface area contributed by atoms with Gasteiger partial charge in [0.1, 0.15) is 18.2 Å². The molecule has 2 aromatic carbocycles. The van der Waals surface area contributed by atoms with Crippen LogP contribution in [0.1, 0.15) is 11.1 Å². The van der Waals surface area contributed by atoms with Gasteiger partial charge < -0.3 is 10.1 Å². The van der Waals surface area contributed by atoms with Gasteiger partial charge in [0.25, 0.3) is 0 Å². The molecule has 0 aliphatic carbocycles. The second-order valence-corrected chi connectivity index (χ2v) is 7.07. The number of aromatic nitrogens is 1. The Balaban J connectivity index is 1.45. The second kappa shape index (κ2) is 9.66. The van der Waals surface area contributed by atoms with Gasteiger partial charge in [-0.25, -0.2) is 14.7 Å². The standard InChI is InChI=1S/C22H25N5O3/c1-17-2-4-18(5-3-17)14-26-15-28-29-16-27(23)22(26)25-19-6-8-20(9-7-19)30-21-10-12-24-13-11-21/h2-13,22,25H,14-16,23H2,1H3. The number of benzene rings is 2. The largest absolute Gasteiger partial charge is 0.457 e. The van der Waals surface area contributed by atoms with Gasteiger partial charge in [-0.05, 0) is 48.9 Å². The molecule has 0 saturated carbocycles. The zero-order valence-corrected chi connectivity index (χ0v) is 16.8. The number of hydrogen-bond donors (Lipinski definition) is 2. The Hall–Kier alpha value is -3.01. The first-order valence-electron chi connectivity index (χ1n) is 9.67. The molecular formula is C22H25N5O3. The van der Waals surface area contributed by atoms with Gasteiger partial charge in [0.05, 0.1) is 0 Å². The van der Waals surface area contributed by atoms with Crippen molar-refractivity contribution in [2.24, 2.45) is 5.84 Å². The quantitative estimate of drug-likeness (QED) is 0.475. The van der Waals surface area contributed by atoms with E-state index in [1.807, 2.05) is 36.4 Å². The summed E-state index contributed by atoms with van der Waals surface area (Å²) >= 11 is 0. The van der Waals surface area contributed by atoms with Crippen LogP contribution in [0, 0.1) is 6.92 Å². The third-order valence-corrected chi connectivity index (χ3v) is 4.71. The van der Waals surface area contributed by atoms with Crippen LogP contribution in [0.15, 0.2) is 73.1 Å². The van der Waals surface area contributed by atoms with E-state index in [0.717, 1.165) is 22.7 Å². The lowest BCUT2D eigenvalue weighted by molar-refractivity contribution is -0.314. The highest BCUT2D eigenvalue weighted by molar-refractivity contribution is 5.47. The Labute approximate surface area is 175 Å². The minimum absolute atomic E-state index is 0.144. The fraction of sp³-hybridized carbons (Fsp3) is 0.227. The van der Waals surface area contributed by atoms with Crippen LogP contribution in [0.25, 0.3) is 0 Å². The number of nitrogens with two attached hydrogens (primary N) is 1. The summed E-state index contributed by atoms with van der Waals surface area (Å²) in [5, 5.41) is 5.00. The van der Waals surface area contributed by atoms with E-state index in [2.05, 4.69) is 46.4 Å². The van der Waals surface area contributed by atoms with Crippen LogP contribution in [-0.2, 0) is 16.3 Å². The number of pyridine rings is 1. The average molecular weight is 407 g/mol. The van der Waals surface area contributed by atoms with Crippen LogP contribution < -0.4 is 15.9 Å². The highest BCUT2D eigenvalue weighted by atomic mass is 17.2. The van der Waals surface area contributed by atoms with Gasteiger partial charge in [-0.1, -0.05) is 29.8 Å². The number of aryl methyl sites for hydroxylation is 1. The lowest BCUT2D eigenvalue weighted by atomic mass is 10.1. The summed E-state index contributed by atoms with van der Waals surface area (Å²) in [5.41, 5.74) is 3.28. The third-order valence-electron chi connectivity index (χ3n) is 4.71. The maximum atomic E-state index is 6.22. The smallest absolute Gasteiger partial charge is 0.154 e. The molecule has 0 radical (unpaired) electrons. The molecular weight excluding hydrogens is 382 g/mol. The van der Waals surface area contributed by atoms with Crippen molar-refractivity contribution in [1.29, 1.82) is 0 Å². The number of rotatable bonds is 6. The number of nitrogens with one attached hydrogen (secondary N) is 1. The first kappa shape index (κ1) is 20.3. The summed E-state index contributed by atoms with van der Waals surface area (Å²) in [6.45, 7) is 3.15. The maximum absolute atomic E-state index is 6.22. The van der Waals surface area contributed by atoms with Crippen molar-refractivity contribution in [3.63, 3.8) is 0 Å². The van der Waals surface area contributed by atoms with E-state index in [0.29, 0.717) is 6.54 Å². The van der Waals surface area contributed by atoms with Crippen LogP contribution in [0.3, 0.4) is 0 Å². The van der Waals surface area contributed by atoms with E-state index in [1.165, 1.54) is 5.56 Å². The van der Waals surface area contributed by atoms with Crippen molar-refractivity contribution in [2.75, 3.05) is 18.8 Å². The molecule has 1 atom stereocenters. The maximum Gasteiger partial charge on any atom is 0.154 e. The number of ether oxygens (including phenoxy) is 1. The van der Waals surface area contributed by atoms with Gasteiger partial charge in [-0.3, -0.25) is 10.8 Å². The minimum atomic E-state index is -0.319. The van der Waals surface area contributed by atoms with Crippen LogP contribution in [-0.4, -0.2) is 34.6 Å². The molecule has 8 heteroatoms. The molecule has 8 nitrogen and oxygen atoms in total. The van der Waals surface area contributed by atoms with Crippen molar-refractivity contribution in [3.8, 4) is 11.5 Å². The van der Waals surface area contributed by atoms with E-state index in [4.69, 9.17) is 20.4 Å². The van der Waals surface area contributed by atoms with Crippen molar-refractivity contribution in [3.05, 3.63) is 84.2 Å². The SMILES string of the molecule is Cc1ccc(CN2COOCN(N)C2Nc2ccc(Oc3ccncc3)cc2)cc1. The van der Waals surface area contributed by atoms with Crippen molar-refractivity contribution < 1.29 is 14.5 Å². The summed E-state index contributed by atoms with van der Waals surface area (Å²) in [6.07, 6.45) is 3.07. The van der Waals surface area contributed by atoms with E-state index >= 15 is 0 Å².